The Kier molecular flexibility index (Phi) is 2.86. The fourth-order valence-corrected chi connectivity index (χ4v) is 3.55. The largest absolute Gasteiger partial charge is 0.479 e. The molecule has 2 atom stereocenters. The lowest BCUT2D eigenvalue weighted by molar-refractivity contribution is -0.159. The molecule has 0 fully saturated rings. The van der Waals surface area contributed by atoms with Crippen molar-refractivity contribution >= 4 is 29.1 Å². The summed E-state index contributed by atoms with van der Waals surface area (Å²) in [5.41, 5.74) is -1.76. The molecular formula is C10H10O3S2. The van der Waals surface area contributed by atoms with Gasteiger partial charge in [0, 0.05) is 4.88 Å². The van der Waals surface area contributed by atoms with E-state index in [9.17, 15) is 15.0 Å². The number of aliphatic hydroxyl groups is 1. The molecule has 0 aromatic carbocycles. The van der Waals surface area contributed by atoms with Gasteiger partial charge in [-0.2, -0.15) is 0 Å². The molecule has 2 N–H and O–H groups in total. The number of thiophene rings is 1. The maximum Gasteiger partial charge on any atom is 0.342 e. The molecule has 1 aromatic rings. The number of carbonyl (C=O) groups is 1. The highest BCUT2D eigenvalue weighted by atomic mass is 32.2. The van der Waals surface area contributed by atoms with Crippen LogP contribution in [0.5, 0.6) is 0 Å². The van der Waals surface area contributed by atoms with E-state index < -0.39 is 11.6 Å². The van der Waals surface area contributed by atoms with Crippen LogP contribution in [0.1, 0.15) is 11.3 Å². The quantitative estimate of drug-likeness (QED) is 0.851. The van der Waals surface area contributed by atoms with Crippen LogP contribution < -0.4 is 0 Å². The number of thioether (sulfide) groups is 1. The van der Waals surface area contributed by atoms with Gasteiger partial charge >= 0.3 is 5.97 Å². The second kappa shape index (κ2) is 4.00. The second-order valence-corrected chi connectivity index (χ2v) is 5.34. The van der Waals surface area contributed by atoms with Crippen LogP contribution in [0.15, 0.2) is 29.0 Å². The number of hydrogen-bond acceptors (Lipinski definition) is 4. The smallest absolute Gasteiger partial charge is 0.342 e. The number of carboxylic acid groups (broad SMARTS) is 1. The molecule has 15 heavy (non-hydrogen) atoms. The van der Waals surface area contributed by atoms with E-state index in [4.69, 9.17) is 0 Å². The zero-order valence-corrected chi connectivity index (χ0v) is 9.42. The van der Waals surface area contributed by atoms with Gasteiger partial charge in [0.1, 0.15) is 0 Å². The number of aliphatic carboxylic acids is 1. The maximum absolute atomic E-state index is 11.2. The van der Waals surface area contributed by atoms with Gasteiger partial charge in [-0.1, -0.05) is 12.1 Å². The first-order valence-corrected chi connectivity index (χ1v) is 6.28. The molecule has 1 aliphatic heterocycles. The van der Waals surface area contributed by atoms with Crippen LogP contribution in [0.2, 0.25) is 0 Å². The molecule has 5 heteroatoms. The molecule has 0 aliphatic carbocycles. The van der Waals surface area contributed by atoms with Gasteiger partial charge in [0.05, 0.1) is 5.25 Å². The summed E-state index contributed by atoms with van der Waals surface area (Å²) in [7, 11) is 0. The van der Waals surface area contributed by atoms with Crippen LogP contribution in [0, 0.1) is 0 Å². The Bertz CT molecular complexity index is 377. The van der Waals surface area contributed by atoms with E-state index in [1.165, 1.54) is 23.1 Å². The first-order valence-electron chi connectivity index (χ1n) is 4.46. The monoisotopic (exact) mass is 242 g/mol. The zero-order valence-electron chi connectivity index (χ0n) is 7.79. The lowest BCUT2D eigenvalue weighted by atomic mass is 9.95. The van der Waals surface area contributed by atoms with E-state index in [1.54, 1.807) is 17.5 Å². The van der Waals surface area contributed by atoms with E-state index in [2.05, 4.69) is 0 Å². The van der Waals surface area contributed by atoms with Crippen LogP contribution in [0.4, 0.5) is 0 Å². The van der Waals surface area contributed by atoms with Crippen molar-refractivity contribution in [3.8, 4) is 0 Å². The third kappa shape index (κ3) is 1.71. The Balaban J connectivity index is 2.36. The molecule has 0 radical (unpaired) electrons. The molecule has 2 unspecified atom stereocenters. The van der Waals surface area contributed by atoms with Gasteiger partial charge < -0.3 is 10.2 Å². The summed E-state index contributed by atoms with van der Waals surface area (Å²) in [4.78, 5) is 11.7. The van der Waals surface area contributed by atoms with Crippen molar-refractivity contribution in [3.05, 3.63) is 33.9 Å². The number of rotatable bonds is 3. The van der Waals surface area contributed by atoms with E-state index in [0.29, 0.717) is 11.3 Å². The summed E-state index contributed by atoms with van der Waals surface area (Å²) >= 11 is 2.64. The molecule has 0 bridgehead atoms. The van der Waals surface area contributed by atoms with E-state index >= 15 is 0 Å². The van der Waals surface area contributed by atoms with Gasteiger partial charge in [-0.3, -0.25) is 0 Å². The SMILES string of the molecule is O=C(O)C(O)(c1cccs1)C1CC=CS1. The van der Waals surface area contributed by atoms with Crippen molar-refractivity contribution in [1.29, 1.82) is 0 Å². The van der Waals surface area contributed by atoms with Crippen molar-refractivity contribution in [2.24, 2.45) is 0 Å². The van der Waals surface area contributed by atoms with Crippen LogP contribution >= 0.6 is 23.1 Å². The Labute approximate surface area is 95.4 Å². The highest BCUT2D eigenvalue weighted by Crippen LogP contribution is 2.41. The summed E-state index contributed by atoms with van der Waals surface area (Å²) in [5, 5.41) is 22.8. The molecule has 1 aliphatic rings. The molecule has 2 rings (SSSR count). The Morgan fingerprint density at radius 2 is 2.40 bits per heavy atom. The first kappa shape index (κ1) is 10.7. The lowest BCUT2D eigenvalue weighted by Gasteiger charge is -2.27. The highest BCUT2D eigenvalue weighted by molar-refractivity contribution is 8.03. The average molecular weight is 242 g/mol. The predicted molar refractivity (Wildman–Crippen MR) is 61.0 cm³/mol. The van der Waals surface area contributed by atoms with E-state index in [1.807, 2.05) is 11.5 Å². The summed E-state index contributed by atoms with van der Waals surface area (Å²) < 4.78 is 0. The molecule has 3 nitrogen and oxygen atoms in total. The minimum Gasteiger partial charge on any atom is -0.479 e. The Morgan fingerprint density at radius 3 is 2.87 bits per heavy atom. The van der Waals surface area contributed by atoms with Gasteiger partial charge in [0.15, 0.2) is 0 Å². The minimum atomic E-state index is -1.76. The maximum atomic E-state index is 11.2. The van der Waals surface area contributed by atoms with E-state index in [0.717, 1.165) is 0 Å². The van der Waals surface area contributed by atoms with Crippen molar-refractivity contribution in [3.63, 3.8) is 0 Å². The van der Waals surface area contributed by atoms with Crippen LogP contribution in [-0.4, -0.2) is 21.4 Å². The first-order chi connectivity index (χ1) is 7.15. The molecule has 1 aromatic heterocycles. The summed E-state index contributed by atoms with van der Waals surface area (Å²) in [6.45, 7) is 0. The molecule has 2 heterocycles. The van der Waals surface area contributed by atoms with Gasteiger partial charge in [0.25, 0.3) is 0 Å². The normalized spacial score (nSPS) is 23.9. The minimum absolute atomic E-state index is 0.325. The third-order valence-electron chi connectivity index (χ3n) is 2.38. The number of allylic oxidation sites excluding steroid dienone is 1. The van der Waals surface area contributed by atoms with Crippen LogP contribution in [-0.2, 0) is 10.4 Å². The zero-order chi connectivity index (χ0) is 10.9. The van der Waals surface area contributed by atoms with Crippen LogP contribution in [0.25, 0.3) is 0 Å². The molecule has 0 saturated carbocycles. The Morgan fingerprint density at radius 1 is 1.60 bits per heavy atom. The van der Waals surface area contributed by atoms with E-state index in [-0.39, 0.29) is 5.25 Å². The summed E-state index contributed by atoms with van der Waals surface area (Å²) in [6.07, 6.45) is 2.47. The molecule has 80 valence electrons. The van der Waals surface area contributed by atoms with Crippen molar-refractivity contribution < 1.29 is 15.0 Å². The fraction of sp³-hybridized carbons (Fsp3) is 0.300. The molecule has 0 saturated heterocycles. The summed E-state index contributed by atoms with van der Waals surface area (Å²) in [6, 6.07) is 3.42. The standard InChI is InChI=1S/C10H10O3S2/c11-9(12)10(13,7-3-1-5-14-7)8-4-2-6-15-8/h1-3,5-6,8,13H,4H2,(H,11,12). The van der Waals surface area contributed by atoms with Crippen LogP contribution in [0.3, 0.4) is 0 Å². The van der Waals surface area contributed by atoms with Gasteiger partial charge in [0.2, 0.25) is 5.60 Å². The molecule has 0 spiro atoms. The third-order valence-corrected chi connectivity index (χ3v) is 4.58. The summed E-state index contributed by atoms with van der Waals surface area (Å²) in [5.74, 6) is -1.17. The fourth-order valence-electron chi connectivity index (χ4n) is 1.55. The molecule has 0 amide bonds. The Hall–Kier alpha value is -0.780. The van der Waals surface area contributed by atoms with Crippen molar-refractivity contribution in [1.82, 2.24) is 0 Å². The highest BCUT2D eigenvalue weighted by Gasteiger charge is 2.47. The van der Waals surface area contributed by atoms with Gasteiger partial charge in [-0.25, -0.2) is 4.79 Å². The number of hydrogen-bond donors (Lipinski definition) is 2. The molecular weight excluding hydrogens is 232 g/mol. The lowest BCUT2D eigenvalue weighted by Crippen LogP contribution is -2.43. The topological polar surface area (TPSA) is 57.5 Å². The van der Waals surface area contributed by atoms with Crippen molar-refractivity contribution in [2.75, 3.05) is 0 Å². The van der Waals surface area contributed by atoms with Gasteiger partial charge in [-0.15, -0.1) is 23.1 Å². The number of carboxylic acids is 1. The van der Waals surface area contributed by atoms with Gasteiger partial charge in [-0.05, 0) is 23.3 Å². The second-order valence-electron chi connectivity index (χ2n) is 3.28. The predicted octanol–water partition coefficient (Wildman–Crippen LogP) is 2.04. The van der Waals surface area contributed by atoms with Crippen molar-refractivity contribution in [2.45, 2.75) is 17.3 Å². The average Bonchev–Trinajstić information content (AvgIpc) is 2.89.